The van der Waals surface area contributed by atoms with Crippen molar-refractivity contribution >= 4 is 11.7 Å². The number of carbonyl (C=O) groups is 1. The van der Waals surface area contributed by atoms with Crippen molar-refractivity contribution in [3.8, 4) is 0 Å². The predicted molar refractivity (Wildman–Crippen MR) is 81.6 cm³/mol. The van der Waals surface area contributed by atoms with Crippen molar-refractivity contribution in [3.63, 3.8) is 0 Å². The number of oxime groups is 1. The molecule has 1 aromatic carbocycles. The summed E-state index contributed by atoms with van der Waals surface area (Å²) in [6.07, 6.45) is 0. The van der Waals surface area contributed by atoms with Gasteiger partial charge in [-0.3, -0.25) is 9.69 Å². The van der Waals surface area contributed by atoms with Crippen LogP contribution in [0.5, 0.6) is 0 Å². The van der Waals surface area contributed by atoms with Gasteiger partial charge in [-0.05, 0) is 26.0 Å². The molecule has 0 aliphatic carbocycles. The number of nitrogens with zero attached hydrogens (tertiary/aromatic N) is 3. The summed E-state index contributed by atoms with van der Waals surface area (Å²) in [5, 5.41) is 11.6. The highest BCUT2D eigenvalue weighted by molar-refractivity contribution is 5.99. The van der Waals surface area contributed by atoms with Crippen LogP contribution in [0, 0.1) is 0 Å². The van der Waals surface area contributed by atoms with Gasteiger partial charge in [-0.15, -0.1) is 0 Å². The Hall–Kier alpha value is -2.08. The molecule has 1 aliphatic rings. The number of rotatable bonds is 3. The van der Waals surface area contributed by atoms with E-state index in [0.29, 0.717) is 17.2 Å². The summed E-state index contributed by atoms with van der Waals surface area (Å²) < 4.78 is 0. The molecular formula is C15H22N4O2. The minimum atomic E-state index is 0.0319. The molecule has 1 aliphatic heterocycles. The normalized spacial score (nSPS) is 17.3. The minimum Gasteiger partial charge on any atom is -0.409 e. The van der Waals surface area contributed by atoms with Crippen molar-refractivity contribution in [1.29, 1.82) is 0 Å². The summed E-state index contributed by atoms with van der Waals surface area (Å²) >= 11 is 0. The standard InChI is InChI=1S/C15H22N4O2/c1-11(2)18-7-9-19(10-8-18)15(20)13-5-3-12(4-6-13)14(16)17-21/h3-6,11,21H,7-10H2,1-2H3,(H2,16,17). The Morgan fingerprint density at radius 3 is 2.14 bits per heavy atom. The highest BCUT2D eigenvalue weighted by Crippen LogP contribution is 2.11. The summed E-state index contributed by atoms with van der Waals surface area (Å²) in [6.45, 7) is 7.65. The third kappa shape index (κ3) is 3.52. The Bertz CT molecular complexity index is 517. The van der Waals surface area contributed by atoms with Gasteiger partial charge in [0.1, 0.15) is 0 Å². The van der Waals surface area contributed by atoms with Crippen LogP contribution in [-0.4, -0.2) is 59.0 Å². The number of amides is 1. The van der Waals surface area contributed by atoms with Crippen molar-refractivity contribution in [1.82, 2.24) is 9.80 Å². The van der Waals surface area contributed by atoms with Gasteiger partial charge >= 0.3 is 0 Å². The van der Waals surface area contributed by atoms with Crippen LogP contribution in [0.3, 0.4) is 0 Å². The topological polar surface area (TPSA) is 82.2 Å². The number of hydrogen-bond acceptors (Lipinski definition) is 4. The third-order valence-electron chi connectivity index (χ3n) is 3.87. The van der Waals surface area contributed by atoms with Gasteiger partial charge in [0, 0.05) is 43.3 Å². The number of nitrogens with two attached hydrogens (primary N) is 1. The van der Waals surface area contributed by atoms with E-state index < -0.39 is 0 Å². The first kappa shape index (κ1) is 15.3. The number of piperazine rings is 1. The average molecular weight is 290 g/mol. The molecule has 1 heterocycles. The Morgan fingerprint density at radius 1 is 1.14 bits per heavy atom. The van der Waals surface area contributed by atoms with Crippen LogP contribution in [-0.2, 0) is 0 Å². The Kier molecular flexibility index (Phi) is 4.80. The fraction of sp³-hybridized carbons (Fsp3) is 0.467. The van der Waals surface area contributed by atoms with Crippen molar-refractivity contribution in [2.24, 2.45) is 10.9 Å². The van der Waals surface area contributed by atoms with Gasteiger partial charge in [0.25, 0.3) is 5.91 Å². The smallest absolute Gasteiger partial charge is 0.253 e. The molecule has 0 aromatic heterocycles. The van der Waals surface area contributed by atoms with Crippen LogP contribution in [0.4, 0.5) is 0 Å². The zero-order valence-electron chi connectivity index (χ0n) is 12.5. The maximum absolute atomic E-state index is 12.4. The summed E-state index contributed by atoms with van der Waals surface area (Å²) in [5.41, 5.74) is 6.73. The van der Waals surface area contributed by atoms with Gasteiger partial charge in [0.05, 0.1) is 0 Å². The van der Waals surface area contributed by atoms with Crippen molar-refractivity contribution in [3.05, 3.63) is 35.4 Å². The first-order valence-corrected chi connectivity index (χ1v) is 7.14. The molecule has 6 heteroatoms. The average Bonchev–Trinajstić information content (AvgIpc) is 2.53. The fourth-order valence-electron chi connectivity index (χ4n) is 2.47. The molecule has 0 saturated carbocycles. The summed E-state index contributed by atoms with van der Waals surface area (Å²) in [6, 6.07) is 7.32. The van der Waals surface area contributed by atoms with Crippen LogP contribution in [0.15, 0.2) is 29.4 Å². The second-order valence-electron chi connectivity index (χ2n) is 5.48. The molecule has 1 saturated heterocycles. The van der Waals surface area contributed by atoms with Gasteiger partial charge in [-0.25, -0.2) is 0 Å². The molecule has 6 nitrogen and oxygen atoms in total. The first-order chi connectivity index (χ1) is 10.0. The second kappa shape index (κ2) is 6.58. The lowest BCUT2D eigenvalue weighted by Gasteiger charge is -2.37. The van der Waals surface area contributed by atoms with Gasteiger partial charge in [-0.1, -0.05) is 17.3 Å². The molecule has 1 amide bonds. The molecule has 0 spiro atoms. The van der Waals surface area contributed by atoms with Crippen LogP contribution >= 0.6 is 0 Å². The molecular weight excluding hydrogens is 268 g/mol. The molecule has 0 bridgehead atoms. The van der Waals surface area contributed by atoms with Gasteiger partial charge in [-0.2, -0.15) is 0 Å². The number of amidine groups is 1. The lowest BCUT2D eigenvalue weighted by atomic mass is 10.1. The molecule has 1 aromatic rings. The van der Waals surface area contributed by atoms with Crippen LogP contribution in [0.25, 0.3) is 0 Å². The molecule has 0 unspecified atom stereocenters. The fourth-order valence-corrected chi connectivity index (χ4v) is 2.47. The van der Waals surface area contributed by atoms with E-state index in [9.17, 15) is 4.79 Å². The Balaban J connectivity index is 2.01. The summed E-state index contributed by atoms with van der Waals surface area (Å²) in [4.78, 5) is 16.7. The van der Waals surface area contributed by atoms with E-state index in [1.807, 2.05) is 4.90 Å². The Morgan fingerprint density at radius 2 is 1.67 bits per heavy atom. The summed E-state index contributed by atoms with van der Waals surface area (Å²) in [5.74, 6) is 0.0732. The third-order valence-corrected chi connectivity index (χ3v) is 3.87. The molecule has 3 N–H and O–H groups in total. The van der Waals surface area contributed by atoms with Crippen molar-refractivity contribution < 1.29 is 10.0 Å². The molecule has 1 fully saturated rings. The van der Waals surface area contributed by atoms with Crippen molar-refractivity contribution in [2.75, 3.05) is 26.2 Å². The van der Waals surface area contributed by atoms with E-state index in [0.717, 1.165) is 26.2 Å². The zero-order chi connectivity index (χ0) is 15.4. The largest absolute Gasteiger partial charge is 0.409 e. The first-order valence-electron chi connectivity index (χ1n) is 7.14. The SMILES string of the molecule is CC(C)N1CCN(C(=O)c2ccc(/C(N)=N/O)cc2)CC1. The van der Waals surface area contributed by atoms with E-state index in [4.69, 9.17) is 10.9 Å². The molecule has 2 rings (SSSR count). The molecule has 114 valence electrons. The van der Waals surface area contributed by atoms with Crippen LogP contribution in [0.2, 0.25) is 0 Å². The van der Waals surface area contributed by atoms with Crippen LogP contribution in [0.1, 0.15) is 29.8 Å². The highest BCUT2D eigenvalue weighted by Gasteiger charge is 2.23. The van der Waals surface area contributed by atoms with E-state index in [2.05, 4.69) is 23.9 Å². The second-order valence-corrected chi connectivity index (χ2v) is 5.48. The van der Waals surface area contributed by atoms with E-state index in [1.54, 1.807) is 24.3 Å². The van der Waals surface area contributed by atoms with E-state index in [-0.39, 0.29) is 11.7 Å². The minimum absolute atomic E-state index is 0.0319. The molecule has 0 radical (unpaired) electrons. The zero-order valence-corrected chi connectivity index (χ0v) is 12.5. The van der Waals surface area contributed by atoms with Gasteiger partial charge in [0.2, 0.25) is 0 Å². The maximum Gasteiger partial charge on any atom is 0.253 e. The molecule has 21 heavy (non-hydrogen) atoms. The number of benzene rings is 1. The lowest BCUT2D eigenvalue weighted by Crippen LogP contribution is -2.50. The quantitative estimate of drug-likeness (QED) is 0.376. The van der Waals surface area contributed by atoms with Gasteiger partial charge in [0.15, 0.2) is 5.84 Å². The van der Waals surface area contributed by atoms with Crippen molar-refractivity contribution in [2.45, 2.75) is 19.9 Å². The molecule has 0 atom stereocenters. The summed E-state index contributed by atoms with van der Waals surface area (Å²) in [7, 11) is 0. The van der Waals surface area contributed by atoms with Gasteiger partial charge < -0.3 is 15.8 Å². The Labute approximate surface area is 124 Å². The number of hydrogen-bond donors (Lipinski definition) is 2. The van der Waals surface area contributed by atoms with E-state index >= 15 is 0 Å². The van der Waals surface area contributed by atoms with E-state index in [1.165, 1.54) is 0 Å². The maximum atomic E-state index is 12.4. The lowest BCUT2D eigenvalue weighted by molar-refractivity contribution is 0.0595. The number of carbonyl (C=O) groups excluding carboxylic acids is 1. The van der Waals surface area contributed by atoms with Crippen LogP contribution < -0.4 is 5.73 Å². The highest BCUT2D eigenvalue weighted by atomic mass is 16.4. The monoisotopic (exact) mass is 290 g/mol. The predicted octanol–water partition coefficient (Wildman–Crippen LogP) is 0.947.